The van der Waals surface area contributed by atoms with Crippen molar-refractivity contribution in [1.82, 2.24) is 0 Å². The zero-order valence-corrected chi connectivity index (χ0v) is 22.8. The first-order valence-electron chi connectivity index (χ1n) is 12.2. The van der Waals surface area contributed by atoms with Crippen molar-refractivity contribution in [3.8, 4) is 0 Å². The van der Waals surface area contributed by atoms with Crippen molar-refractivity contribution in [2.75, 3.05) is 0 Å². The summed E-state index contributed by atoms with van der Waals surface area (Å²) in [5.41, 5.74) is 10.1. The molecule has 0 unspecified atom stereocenters. The van der Waals surface area contributed by atoms with Crippen LogP contribution >= 0.6 is 11.6 Å². The molecule has 1 heteroatoms. The van der Waals surface area contributed by atoms with Gasteiger partial charge in [-0.2, -0.15) is 0 Å². The summed E-state index contributed by atoms with van der Waals surface area (Å²) >= 11 is 6.60. The quantitative estimate of drug-likeness (QED) is 0.401. The molecule has 0 heterocycles. The first kappa shape index (κ1) is 26.0. The summed E-state index contributed by atoms with van der Waals surface area (Å²) in [5.74, 6) is 2.39. The molecular formula is C30H45Cl. The van der Waals surface area contributed by atoms with E-state index >= 15 is 0 Å². The third-order valence-electron chi connectivity index (χ3n) is 6.82. The lowest BCUT2D eigenvalue weighted by Crippen LogP contribution is -2.25. The zero-order valence-electron chi connectivity index (χ0n) is 22.1. The SMILES string of the molecule is CC(C)c1cc(C(C)(C)c2c(C(C)C)cc(Cl)cc2C(C)C)cc(C(C)C)c1C(C)C. The summed E-state index contributed by atoms with van der Waals surface area (Å²) < 4.78 is 0. The van der Waals surface area contributed by atoms with Gasteiger partial charge >= 0.3 is 0 Å². The average molecular weight is 441 g/mol. The van der Waals surface area contributed by atoms with Crippen LogP contribution in [-0.4, -0.2) is 0 Å². The number of halogens is 1. The second-order valence-corrected chi connectivity index (χ2v) is 11.9. The van der Waals surface area contributed by atoms with Crippen LogP contribution in [0.1, 0.15) is 152 Å². The molecule has 0 nitrogen and oxygen atoms in total. The molecule has 0 saturated carbocycles. The molecule has 0 aliphatic carbocycles. The van der Waals surface area contributed by atoms with Crippen LogP contribution in [0.4, 0.5) is 0 Å². The summed E-state index contributed by atoms with van der Waals surface area (Å²) in [7, 11) is 0. The van der Waals surface area contributed by atoms with E-state index in [1.165, 1.54) is 33.4 Å². The maximum absolute atomic E-state index is 6.60. The van der Waals surface area contributed by atoms with Gasteiger partial charge in [0.25, 0.3) is 0 Å². The largest absolute Gasteiger partial charge is 0.0843 e. The van der Waals surface area contributed by atoms with Gasteiger partial charge in [0.1, 0.15) is 0 Å². The molecule has 2 rings (SSSR count). The molecule has 0 amide bonds. The molecule has 0 fully saturated rings. The highest BCUT2D eigenvalue weighted by Crippen LogP contribution is 2.45. The number of hydrogen-bond acceptors (Lipinski definition) is 0. The Labute approximate surface area is 197 Å². The zero-order chi connectivity index (χ0) is 23.8. The Morgan fingerprint density at radius 3 is 1.19 bits per heavy atom. The van der Waals surface area contributed by atoms with E-state index in [1.54, 1.807) is 5.56 Å². The van der Waals surface area contributed by atoms with Crippen LogP contribution in [0.5, 0.6) is 0 Å². The van der Waals surface area contributed by atoms with Gasteiger partial charge < -0.3 is 0 Å². The van der Waals surface area contributed by atoms with Crippen molar-refractivity contribution in [2.24, 2.45) is 0 Å². The fourth-order valence-electron chi connectivity index (χ4n) is 5.11. The minimum atomic E-state index is -0.105. The van der Waals surface area contributed by atoms with Crippen molar-refractivity contribution in [2.45, 2.75) is 118 Å². The van der Waals surface area contributed by atoms with Crippen LogP contribution in [-0.2, 0) is 5.41 Å². The predicted molar refractivity (Wildman–Crippen MR) is 140 cm³/mol. The van der Waals surface area contributed by atoms with Gasteiger partial charge in [0.2, 0.25) is 0 Å². The van der Waals surface area contributed by atoms with Crippen molar-refractivity contribution < 1.29 is 0 Å². The third kappa shape index (κ3) is 5.22. The Morgan fingerprint density at radius 1 is 0.548 bits per heavy atom. The Balaban J connectivity index is 2.94. The number of benzene rings is 2. The number of rotatable bonds is 7. The monoisotopic (exact) mass is 440 g/mol. The molecule has 2 aromatic rings. The second-order valence-electron chi connectivity index (χ2n) is 11.4. The van der Waals surface area contributed by atoms with Gasteiger partial charge in [0.05, 0.1) is 0 Å². The summed E-state index contributed by atoms with van der Waals surface area (Å²) in [6.45, 7) is 28.0. The smallest absolute Gasteiger partial charge is 0.0411 e. The molecule has 0 N–H and O–H groups in total. The molecule has 0 atom stereocenters. The lowest BCUT2D eigenvalue weighted by atomic mass is 9.68. The average Bonchev–Trinajstić information content (AvgIpc) is 2.65. The van der Waals surface area contributed by atoms with Gasteiger partial charge in [-0.1, -0.05) is 107 Å². The van der Waals surface area contributed by atoms with E-state index in [2.05, 4.69) is 107 Å². The topological polar surface area (TPSA) is 0 Å². The van der Waals surface area contributed by atoms with E-state index in [9.17, 15) is 0 Å². The first-order chi connectivity index (χ1) is 14.2. The standard InChI is InChI=1S/C30H45Cl/c1-17(2)24-13-22(14-25(18(3)4)28(24)21(9)10)30(11,12)29-26(19(5)6)15-23(31)16-27(29)20(7)8/h13-21H,1-12H3. The first-order valence-corrected chi connectivity index (χ1v) is 12.6. The second kappa shape index (κ2) is 9.70. The van der Waals surface area contributed by atoms with Gasteiger partial charge in [0.15, 0.2) is 0 Å². The fraction of sp³-hybridized carbons (Fsp3) is 0.600. The van der Waals surface area contributed by atoms with Crippen molar-refractivity contribution in [1.29, 1.82) is 0 Å². The Morgan fingerprint density at radius 2 is 0.903 bits per heavy atom. The highest BCUT2D eigenvalue weighted by molar-refractivity contribution is 6.30. The Bertz CT molecular complexity index is 852. The highest BCUT2D eigenvalue weighted by Gasteiger charge is 2.32. The minimum Gasteiger partial charge on any atom is -0.0843 e. The minimum absolute atomic E-state index is 0.105. The fourth-order valence-corrected chi connectivity index (χ4v) is 5.34. The molecule has 0 aromatic heterocycles. The van der Waals surface area contributed by atoms with E-state index in [1.807, 2.05) is 0 Å². The third-order valence-corrected chi connectivity index (χ3v) is 7.04. The molecule has 0 saturated heterocycles. The summed E-state index contributed by atoms with van der Waals surface area (Å²) in [6.07, 6.45) is 0. The van der Waals surface area contributed by atoms with Gasteiger partial charge in [-0.3, -0.25) is 0 Å². The van der Waals surface area contributed by atoms with Crippen LogP contribution < -0.4 is 0 Å². The summed E-state index contributed by atoms with van der Waals surface area (Å²) in [6, 6.07) is 9.41. The van der Waals surface area contributed by atoms with Crippen LogP contribution in [0.25, 0.3) is 0 Å². The van der Waals surface area contributed by atoms with E-state index < -0.39 is 0 Å². The summed E-state index contributed by atoms with van der Waals surface area (Å²) in [5, 5.41) is 0.854. The highest BCUT2D eigenvalue weighted by atomic mass is 35.5. The van der Waals surface area contributed by atoms with E-state index in [4.69, 9.17) is 11.6 Å². The van der Waals surface area contributed by atoms with E-state index in [0.717, 1.165) is 5.02 Å². The van der Waals surface area contributed by atoms with E-state index in [-0.39, 0.29) is 5.41 Å². The van der Waals surface area contributed by atoms with Crippen molar-refractivity contribution >= 4 is 11.6 Å². The van der Waals surface area contributed by atoms with Gasteiger partial charge in [-0.15, -0.1) is 0 Å². The molecule has 0 aliphatic heterocycles. The van der Waals surface area contributed by atoms with Crippen LogP contribution in [0.2, 0.25) is 5.02 Å². The maximum Gasteiger partial charge on any atom is 0.0411 e. The molecule has 31 heavy (non-hydrogen) atoms. The molecule has 2 aromatic carbocycles. The lowest BCUT2D eigenvalue weighted by molar-refractivity contribution is 0.601. The maximum atomic E-state index is 6.60. The molecule has 0 spiro atoms. The van der Waals surface area contributed by atoms with Crippen LogP contribution in [0.3, 0.4) is 0 Å². The lowest BCUT2D eigenvalue weighted by Gasteiger charge is -2.36. The summed E-state index contributed by atoms with van der Waals surface area (Å²) in [4.78, 5) is 0. The van der Waals surface area contributed by atoms with Gasteiger partial charge in [0, 0.05) is 10.4 Å². The molecular weight excluding hydrogens is 396 g/mol. The van der Waals surface area contributed by atoms with Crippen molar-refractivity contribution in [3.05, 3.63) is 68.2 Å². The molecule has 0 bridgehead atoms. The Kier molecular flexibility index (Phi) is 8.13. The molecule has 0 radical (unpaired) electrons. The van der Waals surface area contributed by atoms with Crippen LogP contribution in [0, 0.1) is 0 Å². The van der Waals surface area contributed by atoms with Crippen molar-refractivity contribution in [3.63, 3.8) is 0 Å². The normalized spacial score (nSPS) is 12.8. The van der Waals surface area contributed by atoms with Crippen LogP contribution in [0.15, 0.2) is 24.3 Å². The molecule has 172 valence electrons. The molecule has 0 aliphatic rings. The predicted octanol–water partition coefficient (Wildman–Crippen LogP) is 10.3. The Hall–Kier alpha value is -1.27. The number of hydrogen-bond donors (Lipinski definition) is 0. The van der Waals surface area contributed by atoms with Gasteiger partial charge in [-0.05, 0) is 80.7 Å². The van der Waals surface area contributed by atoms with E-state index in [0.29, 0.717) is 29.6 Å². The van der Waals surface area contributed by atoms with Gasteiger partial charge in [-0.25, -0.2) is 0 Å².